The summed E-state index contributed by atoms with van der Waals surface area (Å²) in [6.45, 7) is 1.78. The first-order chi connectivity index (χ1) is 7.97. The minimum atomic E-state index is -0.360. The topological polar surface area (TPSA) is 55.6 Å². The summed E-state index contributed by atoms with van der Waals surface area (Å²) in [6.07, 6.45) is 0. The van der Waals surface area contributed by atoms with Gasteiger partial charge in [0.1, 0.15) is 11.0 Å². The van der Waals surface area contributed by atoms with Crippen molar-refractivity contribution in [2.75, 3.05) is 19.1 Å². The molecule has 1 rings (SSSR count). The predicted octanol–water partition coefficient (Wildman–Crippen LogP) is 1.32. The van der Waals surface area contributed by atoms with Gasteiger partial charge in [0, 0.05) is 18.3 Å². The summed E-state index contributed by atoms with van der Waals surface area (Å²) in [5.41, 5.74) is 7.21. The van der Waals surface area contributed by atoms with Crippen LogP contribution in [0.4, 0.5) is 5.69 Å². The van der Waals surface area contributed by atoms with Crippen molar-refractivity contribution in [2.24, 2.45) is 5.73 Å². The number of nitrogens with zero attached hydrogens (tertiary/aromatic N) is 1. The van der Waals surface area contributed by atoms with E-state index in [1.54, 1.807) is 6.92 Å². The van der Waals surface area contributed by atoms with E-state index in [-0.39, 0.29) is 12.0 Å². The smallest absolute Gasteiger partial charge is 0.328 e. The summed E-state index contributed by atoms with van der Waals surface area (Å²) in [5.74, 6) is -0.284. The van der Waals surface area contributed by atoms with Crippen molar-refractivity contribution in [3.05, 3.63) is 29.8 Å². The molecule has 1 unspecified atom stereocenters. The molecule has 0 aliphatic rings. The first kappa shape index (κ1) is 13.4. The van der Waals surface area contributed by atoms with Crippen LogP contribution in [0, 0.1) is 0 Å². The van der Waals surface area contributed by atoms with Crippen LogP contribution in [0.5, 0.6) is 0 Å². The van der Waals surface area contributed by atoms with Crippen molar-refractivity contribution < 1.29 is 9.53 Å². The van der Waals surface area contributed by atoms with Crippen LogP contribution >= 0.6 is 12.2 Å². The average molecular weight is 252 g/mol. The molecule has 1 aromatic rings. The summed E-state index contributed by atoms with van der Waals surface area (Å²) >= 11 is 4.92. The molecule has 0 spiro atoms. The molecule has 5 heteroatoms. The lowest BCUT2D eigenvalue weighted by Gasteiger charge is -2.25. The lowest BCUT2D eigenvalue weighted by molar-refractivity contribution is -0.141. The van der Waals surface area contributed by atoms with Crippen LogP contribution < -0.4 is 10.6 Å². The molecule has 0 aliphatic heterocycles. The Balaban J connectivity index is 2.96. The van der Waals surface area contributed by atoms with Crippen molar-refractivity contribution in [2.45, 2.75) is 13.0 Å². The second-order valence-corrected chi connectivity index (χ2v) is 4.16. The number of ether oxygens (including phenoxy) is 1. The number of esters is 1. The van der Waals surface area contributed by atoms with Crippen LogP contribution in [0.3, 0.4) is 0 Å². The molecule has 17 heavy (non-hydrogen) atoms. The van der Waals surface area contributed by atoms with Crippen molar-refractivity contribution in [3.8, 4) is 0 Å². The molecule has 0 bridgehead atoms. The Bertz CT molecular complexity index is 434. The number of rotatable bonds is 4. The molecule has 0 fully saturated rings. The maximum Gasteiger partial charge on any atom is 0.328 e. The van der Waals surface area contributed by atoms with E-state index in [0.29, 0.717) is 4.99 Å². The van der Waals surface area contributed by atoms with Gasteiger partial charge in [0.15, 0.2) is 0 Å². The van der Waals surface area contributed by atoms with E-state index in [1.165, 1.54) is 7.11 Å². The maximum atomic E-state index is 11.4. The average Bonchev–Trinajstić information content (AvgIpc) is 2.36. The van der Waals surface area contributed by atoms with Gasteiger partial charge in [-0.3, -0.25) is 0 Å². The van der Waals surface area contributed by atoms with Gasteiger partial charge in [-0.2, -0.15) is 0 Å². The number of carbonyl (C=O) groups is 1. The zero-order valence-electron chi connectivity index (χ0n) is 10.1. The Hall–Kier alpha value is -1.62. The van der Waals surface area contributed by atoms with E-state index in [2.05, 4.69) is 0 Å². The summed E-state index contributed by atoms with van der Waals surface area (Å²) in [4.78, 5) is 13.6. The largest absolute Gasteiger partial charge is 0.467 e. The fourth-order valence-corrected chi connectivity index (χ4v) is 1.56. The van der Waals surface area contributed by atoms with E-state index in [4.69, 9.17) is 22.7 Å². The quantitative estimate of drug-likeness (QED) is 0.647. The lowest BCUT2D eigenvalue weighted by atomic mass is 10.1. The number of carbonyl (C=O) groups excluding carboxylic acids is 1. The monoisotopic (exact) mass is 252 g/mol. The Morgan fingerprint density at radius 3 is 2.71 bits per heavy atom. The first-order valence-electron chi connectivity index (χ1n) is 5.18. The number of thiocarbonyl (C=S) groups is 1. The second-order valence-electron chi connectivity index (χ2n) is 3.72. The van der Waals surface area contributed by atoms with Gasteiger partial charge < -0.3 is 15.4 Å². The van der Waals surface area contributed by atoms with Crippen LogP contribution in [0.25, 0.3) is 0 Å². The molecule has 0 saturated carbocycles. The Labute approximate surface area is 106 Å². The fraction of sp³-hybridized carbons (Fsp3) is 0.333. The van der Waals surface area contributed by atoms with E-state index in [9.17, 15) is 4.79 Å². The zero-order valence-corrected chi connectivity index (χ0v) is 11.0. The molecule has 0 radical (unpaired) electrons. The van der Waals surface area contributed by atoms with Crippen molar-refractivity contribution in [1.29, 1.82) is 0 Å². The Morgan fingerprint density at radius 2 is 2.18 bits per heavy atom. The highest BCUT2D eigenvalue weighted by molar-refractivity contribution is 7.80. The highest BCUT2D eigenvalue weighted by Crippen LogP contribution is 2.17. The number of nitrogens with two attached hydrogens (primary N) is 1. The van der Waals surface area contributed by atoms with Gasteiger partial charge in [-0.05, 0) is 19.1 Å². The highest BCUT2D eigenvalue weighted by Gasteiger charge is 2.19. The minimum Gasteiger partial charge on any atom is -0.467 e. The van der Waals surface area contributed by atoms with Crippen molar-refractivity contribution in [1.82, 2.24) is 0 Å². The Morgan fingerprint density at radius 1 is 1.53 bits per heavy atom. The maximum absolute atomic E-state index is 11.4. The van der Waals surface area contributed by atoms with Gasteiger partial charge in [0.05, 0.1) is 7.11 Å². The van der Waals surface area contributed by atoms with Gasteiger partial charge in [0.2, 0.25) is 0 Å². The third kappa shape index (κ3) is 3.17. The molecule has 0 saturated heterocycles. The number of hydrogen-bond donors (Lipinski definition) is 1. The van der Waals surface area contributed by atoms with Crippen LogP contribution in [0.15, 0.2) is 24.3 Å². The van der Waals surface area contributed by atoms with Gasteiger partial charge in [0.25, 0.3) is 0 Å². The van der Waals surface area contributed by atoms with Crippen LogP contribution in [0.1, 0.15) is 12.5 Å². The van der Waals surface area contributed by atoms with E-state index in [1.807, 2.05) is 36.2 Å². The molecular formula is C12H16N2O2S. The third-order valence-electron chi connectivity index (χ3n) is 2.66. The summed E-state index contributed by atoms with van der Waals surface area (Å²) in [6, 6.07) is 7.07. The predicted molar refractivity (Wildman–Crippen MR) is 72.2 cm³/mol. The summed E-state index contributed by atoms with van der Waals surface area (Å²) in [7, 11) is 3.19. The summed E-state index contributed by atoms with van der Waals surface area (Å²) < 4.78 is 4.70. The molecule has 1 atom stereocenters. The molecular weight excluding hydrogens is 236 g/mol. The van der Waals surface area contributed by atoms with Crippen LogP contribution in [-0.2, 0) is 9.53 Å². The molecule has 0 amide bonds. The number of likely N-dealkylation sites (N-methyl/N-ethyl adjacent to an activating group) is 1. The normalized spacial score (nSPS) is 11.7. The van der Waals surface area contributed by atoms with E-state index in [0.717, 1.165) is 11.3 Å². The van der Waals surface area contributed by atoms with Crippen molar-refractivity contribution >= 4 is 28.9 Å². The molecule has 4 nitrogen and oxygen atoms in total. The molecule has 92 valence electrons. The molecule has 0 aromatic heterocycles. The molecule has 0 aliphatic carbocycles. The Kier molecular flexibility index (Phi) is 4.45. The third-order valence-corrected chi connectivity index (χ3v) is 2.90. The van der Waals surface area contributed by atoms with Gasteiger partial charge in [-0.15, -0.1) is 0 Å². The van der Waals surface area contributed by atoms with Crippen LogP contribution in [-0.4, -0.2) is 31.2 Å². The van der Waals surface area contributed by atoms with E-state index < -0.39 is 0 Å². The fourth-order valence-electron chi connectivity index (χ4n) is 1.43. The SMILES string of the molecule is COC(=O)C(C)N(C)c1cccc(C(N)=S)c1. The number of benzene rings is 1. The number of hydrogen-bond acceptors (Lipinski definition) is 4. The van der Waals surface area contributed by atoms with Crippen molar-refractivity contribution in [3.63, 3.8) is 0 Å². The van der Waals surface area contributed by atoms with Gasteiger partial charge >= 0.3 is 5.97 Å². The second kappa shape index (κ2) is 5.63. The molecule has 0 heterocycles. The zero-order chi connectivity index (χ0) is 13.0. The van der Waals surface area contributed by atoms with Gasteiger partial charge in [-0.1, -0.05) is 24.4 Å². The van der Waals surface area contributed by atoms with Crippen LogP contribution in [0.2, 0.25) is 0 Å². The number of anilines is 1. The van der Waals surface area contributed by atoms with E-state index >= 15 is 0 Å². The first-order valence-corrected chi connectivity index (χ1v) is 5.58. The standard InChI is InChI=1S/C12H16N2O2S/c1-8(12(15)16-3)14(2)10-6-4-5-9(7-10)11(13)17/h4-8H,1-3H3,(H2,13,17). The minimum absolute atomic E-state index is 0.284. The molecule has 1 aromatic carbocycles. The molecule has 2 N–H and O–H groups in total. The lowest BCUT2D eigenvalue weighted by Crippen LogP contribution is -2.36. The summed E-state index contributed by atoms with van der Waals surface area (Å²) in [5, 5.41) is 0. The number of methoxy groups -OCH3 is 1. The van der Waals surface area contributed by atoms with Gasteiger partial charge in [-0.25, -0.2) is 4.79 Å². The highest BCUT2D eigenvalue weighted by atomic mass is 32.1.